The SMILES string of the molecule is CNc1ccc(C(=O)NCCCN(C)c2ccccc2)cc1[N+](=O)[O-]. The summed E-state index contributed by atoms with van der Waals surface area (Å²) in [5, 5.41) is 16.6. The lowest BCUT2D eigenvalue weighted by atomic mass is 10.1. The molecule has 2 aromatic rings. The van der Waals surface area contributed by atoms with Crippen molar-refractivity contribution in [3.05, 3.63) is 64.2 Å². The molecule has 0 heterocycles. The van der Waals surface area contributed by atoms with Gasteiger partial charge in [-0.2, -0.15) is 0 Å². The van der Waals surface area contributed by atoms with Crippen LogP contribution in [0.2, 0.25) is 0 Å². The van der Waals surface area contributed by atoms with E-state index in [1.165, 1.54) is 12.1 Å². The number of hydrogen-bond donors (Lipinski definition) is 2. The van der Waals surface area contributed by atoms with Crippen LogP contribution in [-0.4, -0.2) is 38.0 Å². The monoisotopic (exact) mass is 342 g/mol. The number of hydrogen-bond acceptors (Lipinski definition) is 5. The molecule has 0 bridgehead atoms. The van der Waals surface area contributed by atoms with Gasteiger partial charge in [0.05, 0.1) is 4.92 Å². The first-order valence-electron chi connectivity index (χ1n) is 8.03. The number of amides is 1. The Labute approximate surface area is 146 Å². The first kappa shape index (κ1) is 18.3. The fourth-order valence-corrected chi connectivity index (χ4v) is 2.47. The summed E-state index contributed by atoms with van der Waals surface area (Å²) in [6, 6.07) is 14.4. The van der Waals surface area contributed by atoms with Gasteiger partial charge in [-0.1, -0.05) is 18.2 Å². The molecule has 0 aromatic heterocycles. The molecule has 0 aliphatic carbocycles. The predicted octanol–water partition coefficient (Wildman–Crippen LogP) is 2.89. The van der Waals surface area contributed by atoms with Crippen LogP contribution < -0.4 is 15.5 Å². The van der Waals surface area contributed by atoms with Crippen molar-refractivity contribution in [3.63, 3.8) is 0 Å². The van der Waals surface area contributed by atoms with Crippen molar-refractivity contribution >= 4 is 23.0 Å². The van der Waals surface area contributed by atoms with Gasteiger partial charge in [0.25, 0.3) is 11.6 Å². The van der Waals surface area contributed by atoms with Crippen LogP contribution >= 0.6 is 0 Å². The normalized spacial score (nSPS) is 10.2. The largest absolute Gasteiger partial charge is 0.383 e. The predicted molar refractivity (Wildman–Crippen MR) is 99.3 cm³/mol. The summed E-state index contributed by atoms with van der Waals surface area (Å²) < 4.78 is 0. The van der Waals surface area contributed by atoms with Gasteiger partial charge in [0.15, 0.2) is 0 Å². The Morgan fingerprint density at radius 3 is 2.56 bits per heavy atom. The molecule has 7 heteroatoms. The van der Waals surface area contributed by atoms with E-state index in [1.54, 1.807) is 13.1 Å². The van der Waals surface area contributed by atoms with E-state index in [9.17, 15) is 14.9 Å². The van der Waals surface area contributed by atoms with Gasteiger partial charge in [-0.15, -0.1) is 0 Å². The van der Waals surface area contributed by atoms with E-state index < -0.39 is 4.92 Å². The van der Waals surface area contributed by atoms with E-state index in [0.29, 0.717) is 12.2 Å². The van der Waals surface area contributed by atoms with Gasteiger partial charge < -0.3 is 15.5 Å². The van der Waals surface area contributed by atoms with Gasteiger partial charge in [0.1, 0.15) is 5.69 Å². The number of carbonyl (C=O) groups excluding carboxylic acids is 1. The third kappa shape index (κ3) is 4.94. The molecule has 0 aliphatic rings. The van der Waals surface area contributed by atoms with Crippen LogP contribution in [0.1, 0.15) is 16.8 Å². The highest BCUT2D eigenvalue weighted by Gasteiger charge is 2.16. The fraction of sp³-hybridized carbons (Fsp3) is 0.278. The number of carbonyl (C=O) groups is 1. The maximum Gasteiger partial charge on any atom is 0.293 e. The standard InChI is InChI=1S/C18H22N4O3/c1-19-16-10-9-14(13-17(16)22(24)25)18(23)20-11-6-12-21(2)15-7-4-3-5-8-15/h3-5,7-10,13,19H,6,11-12H2,1-2H3,(H,20,23). The molecular weight excluding hydrogens is 320 g/mol. The smallest absolute Gasteiger partial charge is 0.293 e. The highest BCUT2D eigenvalue weighted by molar-refractivity contribution is 5.95. The third-order valence-electron chi connectivity index (χ3n) is 3.88. The quantitative estimate of drug-likeness (QED) is 0.437. The van der Waals surface area contributed by atoms with Crippen molar-refractivity contribution in [2.24, 2.45) is 0 Å². The summed E-state index contributed by atoms with van der Waals surface area (Å²) in [7, 11) is 3.60. The number of anilines is 2. The summed E-state index contributed by atoms with van der Waals surface area (Å²) in [5.41, 5.74) is 1.67. The van der Waals surface area contributed by atoms with Crippen molar-refractivity contribution in [3.8, 4) is 0 Å². The second-order valence-electron chi connectivity index (χ2n) is 5.61. The van der Waals surface area contributed by atoms with Crippen LogP contribution in [0.3, 0.4) is 0 Å². The molecule has 1 amide bonds. The molecule has 2 N–H and O–H groups in total. The second-order valence-corrected chi connectivity index (χ2v) is 5.61. The number of nitro groups is 1. The van der Waals surface area contributed by atoms with Crippen LogP contribution in [0, 0.1) is 10.1 Å². The van der Waals surface area contributed by atoms with Crippen LogP contribution in [0.5, 0.6) is 0 Å². The maximum absolute atomic E-state index is 12.2. The van der Waals surface area contributed by atoms with Gasteiger partial charge in [-0.25, -0.2) is 0 Å². The lowest BCUT2D eigenvalue weighted by molar-refractivity contribution is -0.384. The lowest BCUT2D eigenvalue weighted by Gasteiger charge is -2.19. The Morgan fingerprint density at radius 1 is 1.20 bits per heavy atom. The van der Waals surface area contributed by atoms with Crippen molar-refractivity contribution in [2.45, 2.75) is 6.42 Å². The van der Waals surface area contributed by atoms with Gasteiger partial charge in [-0.05, 0) is 30.7 Å². The Bertz CT molecular complexity index is 734. The number of nitro benzene ring substituents is 1. The molecule has 25 heavy (non-hydrogen) atoms. The minimum absolute atomic E-state index is 0.112. The Balaban J connectivity index is 1.86. The minimum atomic E-state index is -0.503. The van der Waals surface area contributed by atoms with E-state index in [0.717, 1.165) is 18.7 Å². The summed E-state index contributed by atoms with van der Waals surface area (Å²) in [6.07, 6.45) is 0.772. The molecule has 2 rings (SSSR count). The first-order valence-corrected chi connectivity index (χ1v) is 8.03. The van der Waals surface area contributed by atoms with E-state index in [-0.39, 0.29) is 17.2 Å². The van der Waals surface area contributed by atoms with Gasteiger partial charge in [0.2, 0.25) is 0 Å². The molecule has 132 valence electrons. The van der Waals surface area contributed by atoms with Gasteiger partial charge in [0, 0.05) is 44.5 Å². The summed E-state index contributed by atoms with van der Waals surface area (Å²) in [6.45, 7) is 1.29. The molecule has 0 fully saturated rings. The van der Waals surface area contributed by atoms with Crippen molar-refractivity contribution in [1.82, 2.24) is 5.32 Å². The summed E-state index contributed by atoms with van der Waals surface area (Å²) >= 11 is 0. The molecule has 0 aliphatic heterocycles. The van der Waals surface area contributed by atoms with Crippen LogP contribution in [0.15, 0.2) is 48.5 Å². The highest BCUT2D eigenvalue weighted by atomic mass is 16.6. The van der Waals surface area contributed by atoms with E-state index in [1.807, 2.05) is 37.4 Å². The topological polar surface area (TPSA) is 87.5 Å². The zero-order valence-corrected chi connectivity index (χ0v) is 14.4. The van der Waals surface area contributed by atoms with Gasteiger partial charge in [-0.3, -0.25) is 14.9 Å². The zero-order chi connectivity index (χ0) is 18.2. The summed E-state index contributed by atoms with van der Waals surface area (Å²) in [5.74, 6) is -0.312. The average molecular weight is 342 g/mol. The molecule has 7 nitrogen and oxygen atoms in total. The van der Waals surface area contributed by atoms with E-state index in [4.69, 9.17) is 0 Å². The number of nitrogens with zero attached hydrogens (tertiary/aromatic N) is 2. The minimum Gasteiger partial charge on any atom is -0.383 e. The van der Waals surface area contributed by atoms with Crippen molar-refractivity contribution < 1.29 is 9.72 Å². The Morgan fingerprint density at radius 2 is 1.92 bits per heavy atom. The third-order valence-corrected chi connectivity index (χ3v) is 3.88. The number of para-hydroxylation sites is 1. The first-order chi connectivity index (χ1) is 12.0. The number of nitrogens with one attached hydrogen (secondary N) is 2. The van der Waals surface area contributed by atoms with Crippen LogP contribution in [0.25, 0.3) is 0 Å². The molecule has 0 saturated carbocycles. The molecule has 0 atom stereocenters. The van der Waals surface area contributed by atoms with E-state index >= 15 is 0 Å². The molecule has 0 unspecified atom stereocenters. The highest BCUT2D eigenvalue weighted by Crippen LogP contribution is 2.24. The van der Waals surface area contributed by atoms with E-state index in [2.05, 4.69) is 15.5 Å². The van der Waals surface area contributed by atoms with Crippen LogP contribution in [-0.2, 0) is 0 Å². The molecular formula is C18H22N4O3. The Kier molecular flexibility index (Phi) is 6.33. The number of benzene rings is 2. The average Bonchev–Trinajstić information content (AvgIpc) is 2.64. The lowest BCUT2D eigenvalue weighted by Crippen LogP contribution is -2.28. The second kappa shape index (κ2) is 8.68. The Hall–Kier alpha value is -3.09. The van der Waals surface area contributed by atoms with Crippen molar-refractivity contribution in [2.75, 3.05) is 37.4 Å². The molecule has 2 aromatic carbocycles. The maximum atomic E-state index is 12.2. The van der Waals surface area contributed by atoms with Gasteiger partial charge >= 0.3 is 0 Å². The van der Waals surface area contributed by atoms with Crippen LogP contribution in [0.4, 0.5) is 17.1 Å². The fourth-order valence-electron chi connectivity index (χ4n) is 2.47. The molecule has 0 radical (unpaired) electrons. The van der Waals surface area contributed by atoms with Crippen molar-refractivity contribution in [1.29, 1.82) is 0 Å². The molecule has 0 saturated heterocycles. The molecule has 0 spiro atoms. The number of rotatable bonds is 8. The zero-order valence-electron chi connectivity index (χ0n) is 14.4. The summed E-state index contributed by atoms with van der Waals surface area (Å²) in [4.78, 5) is 24.8.